The number of benzene rings is 1. The lowest BCUT2D eigenvalue weighted by Crippen LogP contribution is -2.35. The van der Waals surface area contributed by atoms with Crippen LogP contribution in [0.15, 0.2) is 64.9 Å². The summed E-state index contributed by atoms with van der Waals surface area (Å²) in [6.45, 7) is 2.21. The van der Waals surface area contributed by atoms with E-state index in [1.165, 1.54) is 42.7 Å². The molecule has 4 heterocycles. The molecule has 0 saturated carbocycles. The molecule has 0 atom stereocenters. The number of oxime groups is 1. The number of carbonyl (C=O) groups excluding carboxylic acids is 1. The molecular formula is C29H33N7O6S2. The van der Waals surface area contributed by atoms with Gasteiger partial charge in [-0.15, -0.1) is 0 Å². The van der Waals surface area contributed by atoms with Gasteiger partial charge in [0.1, 0.15) is 16.5 Å². The van der Waals surface area contributed by atoms with Crippen molar-refractivity contribution in [3.05, 3.63) is 66.2 Å². The molecule has 1 fully saturated rings. The van der Waals surface area contributed by atoms with Crippen LogP contribution in [0.2, 0.25) is 0 Å². The Labute approximate surface area is 259 Å². The Morgan fingerprint density at radius 1 is 1.09 bits per heavy atom. The number of nitrogens with one attached hydrogen (secondary N) is 1. The summed E-state index contributed by atoms with van der Waals surface area (Å²) in [6, 6.07) is 11.2. The number of nitrogens with zero attached hydrogens (tertiary/aromatic N) is 6. The lowest BCUT2D eigenvalue weighted by atomic mass is 10.1. The molecule has 1 aliphatic rings. The van der Waals surface area contributed by atoms with E-state index >= 15 is 0 Å². The minimum Gasteiger partial charge on any atom is -0.474 e. The van der Waals surface area contributed by atoms with E-state index in [-0.39, 0.29) is 29.1 Å². The van der Waals surface area contributed by atoms with Crippen LogP contribution in [0.4, 0.5) is 5.13 Å². The summed E-state index contributed by atoms with van der Waals surface area (Å²) in [7, 11) is 0.0939. The van der Waals surface area contributed by atoms with Crippen molar-refractivity contribution in [2.24, 2.45) is 5.16 Å². The van der Waals surface area contributed by atoms with Gasteiger partial charge in [-0.05, 0) is 50.6 Å². The van der Waals surface area contributed by atoms with Gasteiger partial charge in [-0.25, -0.2) is 28.4 Å². The highest BCUT2D eigenvalue weighted by Gasteiger charge is 2.22. The van der Waals surface area contributed by atoms with Crippen LogP contribution in [0.5, 0.6) is 5.88 Å². The Bertz CT molecular complexity index is 1690. The largest absolute Gasteiger partial charge is 0.474 e. The molecule has 1 aliphatic heterocycles. The Hall–Kier alpha value is -4.05. The third-order valence-electron chi connectivity index (χ3n) is 6.84. The standard InChI is InChI=1S/C29H33N7O6S2/c1-36-15-11-21(12-16-36)42-25-10-9-23-28(33-25)43-29(32-23)34-27(37)26(35-41-19-24-30-13-3-14-31-24)20-5-7-22(8-6-20)44(38,39)18-4-17-40-2/h3,5-10,13-14,21H,4,11-12,15-19H2,1-2H3,(H,32,34,37). The second-order valence-electron chi connectivity index (χ2n) is 10.1. The van der Waals surface area contributed by atoms with Crippen molar-refractivity contribution in [2.75, 3.05) is 44.9 Å². The molecule has 4 aromatic rings. The zero-order chi connectivity index (χ0) is 30.9. The van der Waals surface area contributed by atoms with Crippen LogP contribution in [-0.2, 0) is 30.8 Å². The highest BCUT2D eigenvalue weighted by Crippen LogP contribution is 2.28. The molecule has 15 heteroatoms. The molecule has 44 heavy (non-hydrogen) atoms. The van der Waals surface area contributed by atoms with E-state index in [2.05, 4.69) is 42.4 Å². The van der Waals surface area contributed by atoms with Gasteiger partial charge < -0.3 is 19.2 Å². The van der Waals surface area contributed by atoms with Crippen LogP contribution in [0.3, 0.4) is 0 Å². The van der Waals surface area contributed by atoms with E-state index in [9.17, 15) is 13.2 Å². The van der Waals surface area contributed by atoms with Crippen molar-refractivity contribution in [1.29, 1.82) is 0 Å². The Kier molecular flexibility index (Phi) is 10.4. The fourth-order valence-corrected chi connectivity index (χ4v) is 6.57. The second kappa shape index (κ2) is 14.6. The van der Waals surface area contributed by atoms with Gasteiger partial charge in [0, 0.05) is 50.8 Å². The number of anilines is 1. The minimum atomic E-state index is -3.52. The quantitative estimate of drug-likeness (QED) is 0.130. The molecule has 1 amide bonds. The number of likely N-dealkylation sites (tertiary alicyclic amines) is 1. The van der Waals surface area contributed by atoms with Crippen LogP contribution < -0.4 is 10.1 Å². The van der Waals surface area contributed by atoms with Gasteiger partial charge in [0.15, 0.2) is 33.1 Å². The summed E-state index contributed by atoms with van der Waals surface area (Å²) in [5, 5.41) is 7.15. The fourth-order valence-electron chi connectivity index (χ4n) is 4.46. The number of methoxy groups -OCH3 is 1. The number of pyridine rings is 1. The van der Waals surface area contributed by atoms with Gasteiger partial charge >= 0.3 is 0 Å². The zero-order valence-corrected chi connectivity index (χ0v) is 26.0. The Balaban J connectivity index is 1.33. The summed E-state index contributed by atoms with van der Waals surface area (Å²) in [4.78, 5) is 39.2. The lowest BCUT2D eigenvalue weighted by Gasteiger charge is -2.28. The van der Waals surface area contributed by atoms with Crippen LogP contribution in [0, 0.1) is 0 Å². The monoisotopic (exact) mass is 639 g/mol. The van der Waals surface area contributed by atoms with Gasteiger partial charge in [0.05, 0.1) is 10.6 Å². The summed E-state index contributed by atoms with van der Waals surface area (Å²) < 4.78 is 36.5. The number of thiazole rings is 1. The first kappa shape index (κ1) is 31.4. The number of aromatic nitrogens is 4. The highest BCUT2D eigenvalue weighted by molar-refractivity contribution is 7.91. The normalized spacial score (nSPS) is 14.9. The molecule has 3 aromatic heterocycles. The Morgan fingerprint density at radius 2 is 1.84 bits per heavy atom. The maximum Gasteiger partial charge on any atom is 0.280 e. The maximum atomic E-state index is 13.5. The van der Waals surface area contributed by atoms with Crippen molar-refractivity contribution in [3.63, 3.8) is 0 Å². The predicted octanol–water partition coefficient (Wildman–Crippen LogP) is 3.32. The minimum absolute atomic E-state index is 0.0573. The van der Waals surface area contributed by atoms with E-state index in [1.54, 1.807) is 24.5 Å². The summed E-state index contributed by atoms with van der Waals surface area (Å²) in [5.74, 6) is 0.239. The number of fused-ring (bicyclic) bond motifs is 1. The summed E-state index contributed by atoms with van der Waals surface area (Å²) in [6.07, 6.45) is 5.48. The second-order valence-corrected chi connectivity index (χ2v) is 13.2. The molecule has 13 nitrogen and oxygen atoms in total. The van der Waals surface area contributed by atoms with Crippen LogP contribution in [0.1, 0.15) is 30.7 Å². The van der Waals surface area contributed by atoms with Crippen molar-refractivity contribution in [3.8, 4) is 5.88 Å². The number of carbonyl (C=O) groups is 1. The molecular weight excluding hydrogens is 606 g/mol. The number of hydrogen-bond acceptors (Lipinski definition) is 13. The first-order valence-electron chi connectivity index (χ1n) is 14.0. The van der Waals surface area contributed by atoms with Gasteiger partial charge in [0.25, 0.3) is 5.91 Å². The molecule has 232 valence electrons. The molecule has 1 saturated heterocycles. The first-order chi connectivity index (χ1) is 21.3. The number of ether oxygens (including phenoxy) is 2. The molecule has 1 aromatic carbocycles. The topological polar surface area (TPSA) is 158 Å². The van der Waals surface area contributed by atoms with E-state index in [0.717, 1.165) is 25.9 Å². The number of rotatable bonds is 13. The average Bonchev–Trinajstić information content (AvgIpc) is 3.42. The average molecular weight is 640 g/mol. The van der Waals surface area contributed by atoms with E-state index in [0.29, 0.717) is 45.8 Å². The van der Waals surface area contributed by atoms with Crippen molar-refractivity contribution >= 4 is 48.3 Å². The third kappa shape index (κ3) is 8.31. The van der Waals surface area contributed by atoms with Crippen molar-refractivity contribution < 1.29 is 27.5 Å². The van der Waals surface area contributed by atoms with Crippen molar-refractivity contribution in [2.45, 2.75) is 36.9 Å². The van der Waals surface area contributed by atoms with Gasteiger partial charge in [0.2, 0.25) is 5.88 Å². The highest BCUT2D eigenvalue weighted by atomic mass is 32.2. The van der Waals surface area contributed by atoms with E-state index in [1.807, 2.05) is 6.07 Å². The zero-order valence-electron chi connectivity index (χ0n) is 24.4. The van der Waals surface area contributed by atoms with Crippen LogP contribution in [0.25, 0.3) is 10.3 Å². The van der Waals surface area contributed by atoms with E-state index in [4.69, 9.17) is 14.3 Å². The lowest BCUT2D eigenvalue weighted by molar-refractivity contribution is -0.110. The molecule has 1 N–H and O–H groups in total. The smallest absolute Gasteiger partial charge is 0.280 e. The Morgan fingerprint density at radius 3 is 2.57 bits per heavy atom. The SMILES string of the molecule is COCCCS(=O)(=O)c1ccc(C(=NOCc2ncccn2)C(=O)Nc2nc3ccc(OC4CCN(C)CC4)nc3s2)cc1. The fraction of sp³-hybridized carbons (Fsp3) is 0.379. The van der Waals surface area contributed by atoms with E-state index < -0.39 is 15.7 Å². The number of hydrogen-bond donors (Lipinski definition) is 1. The van der Waals surface area contributed by atoms with Crippen LogP contribution in [-0.4, -0.2) is 90.6 Å². The third-order valence-corrected chi connectivity index (χ3v) is 9.53. The van der Waals surface area contributed by atoms with Crippen molar-refractivity contribution in [1.82, 2.24) is 24.8 Å². The molecule has 0 aliphatic carbocycles. The number of sulfone groups is 1. The number of piperidine rings is 1. The molecule has 0 radical (unpaired) electrons. The summed E-state index contributed by atoms with van der Waals surface area (Å²) in [5.41, 5.74) is 0.878. The van der Waals surface area contributed by atoms with Gasteiger partial charge in [-0.3, -0.25) is 10.1 Å². The maximum absolute atomic E-state index is 13.5. The first-order valence-corrected chi connectivity index (χ1v) is 16.5. The molecule has 0 unspecified atom stereocenters. The van der Waals surface area contributed by atoms with Gasteiger partial charge in [-0.1, -0.05) is 28.6 Å². The molecule has 5 rings (SSSR count). The predicted molar refractivity (Wildman–Crippen MR) is 166 cm³/mol. The molecule has 0 bridgehead atoms. The molecule has 0 spiro atoms. The number of amides is 1. The summed E-state index contributed by atoms with van der Waals surface area (Å²) >= 11 is 1.20. The van der Waals surface area contributed by atoms with Crippen LogP contribution >= 0.6 is 11.3 Å². The van der Waals surface area contributed by atoms with Gasteiger partial charge in [-0.2, -0.15) is 0 Å².